The van der Waals surface area contributed by atoms with Gasteiger partial charge in [0, 0.05) is 32.5 Å². The number of rotatable bonds is 7. The normalized spacial score (nSPS) is 20.2. The van der Waals surface area contributed by atoms with Crippen molar-refractivity contribution in [2.45, 2.75) is 51.3 Å². The molecule has 10 heteroatoms. The number of nitrogens with zero attached hydrogens (tertiary/aromatic N) is 4. The maximum atomic E-state index is 13.0. The summed E-state index contributed by atoms with van der Waals surface area (Å²) in [6.07, 6.45) is 5.00. The summed E-state index contributed by atoms with van der Waals surface area (Å²) in [6, 6.07) is 5.21. The monoisotopic (exact) mass is 439 g/mol. The van der Waals surface area contributed by atoms with E-state index in [9.17, 15) is 9.59 Å². The molecule has 0 saturated heterocycles. The number of carbonyl (C=O) groups is 1. The number of amides is 1. The zero-order valence-corrected chi connectivity index (χ0v) is 19.0. The second-order valence-electron chi connectivity index (χ2n) is 8.50. The highest BCUT2D eigenvalue weighted by Gasteiger charge is 2.44. The molecular formula is C22H29N7O3. The first kappa shape index (κ1) is 21.8. The molecule has 3 N–H and O–H groups in total. The number of nitrogens with one attached hydrogen (secondary N) is 3. The van der Waals surface area contributed by atoms with Gasteiger partial charge in [-0.3, -0.25) is 9.59 Å². The Morgan fingerprint density at radius 2 is 2.16 bits per heavy atom. The highest BCUT2D eigenvalue weighted by Crippen LogP contribution is 2.35. The molecule has 1 saturated carbocycles. The minimum Gasteiger partial charge on any atom is -0.376 e. The van der Waals surface area contributed by atoms with Crippen LogP contribution in [0, 0.1) is 0 Å². The predicted molar refractivity (Wildman–Crippen MR) is 123 cm³/mol. The van der Waals surface area contributed by atoms with E-state index in [2.05, 4.69) is 26.0 Å². The van der Waals surface area contributed by atoms with Crippen LogP contribution < -0.4 is 21.5 Å². The van der Waals surface area contributed by atoms with E-state index in [4.69, 9.17) is 4.74 Å². The first-order valence-corrected chi connectivity index (χ1v) is 10.7. The van der Waals surface area contributed by atoms with Crippen molar-refractivity contribution in [2.24, 2.45) is 0 Å². The average Bonchev–Trinajstić information content (AvgIpc) is 3.20. The summed E-state index contributed by atoms with van der Waals surface area (Å²) >= 11 is 0. The van der Waals surface area contributed by atoms with Gasteiger partial charge < -0.3 is 25.3 Å². The van der Waals surface area contributed by atoms with Gasteiger partial charge in [0.05, 0.1) is 17.8 Å². The van der Waals surface area contributed by atoms with E-state index in [-0.39, 0.29) is 29.2 Å². The molecule has 0 radical (unpaired) electrons. The molecular weight excluding hydrogens is 410 g/mol. The number of pyridine rings is 1. The van der Waals surface area contributed by atoms with E-state index in [1.54, 1.807) is 41.6 Å². The molecule has 0 aromatic carbocycles. The van der Waals surface area contributed by atoms with Crippen molar-refractivity contribution in [2.75, 3.05) is 24.8 Å². The summed E-state index contributed by atoms with van der Waals surface area (Å²) in [5.41, 5.74) is 0.624. The molecule has 1 amide bonds. The van der Waals surface area contributed by atoms with Gasteiger partial charge in [0.15, 0.2) is 5.65 Å². The fourth-order valence-corrected chi connectivity index (χ4v) is 3.92. The van der Waals surface area contributed by atoms with Crippen molar-refractivity contribution in [1.82, 2.24) is 24.5 Å². The Bertz CT molecular complexity index is 1210. The quantitative estimate of drug-likeness (QED) is 0.518. The van der Waals surface area contributed by atoms with Gasteiger partial charge in [0.25, 0.3) is 11.5 Å². The van der Waals surface area contributed by atoms with Crippen molar-refractivity contribution in [3.8, 4) is 0 Å². The Balaban J connectivity index is 1.68. The fraction of sp³-hybridized carbons (Fsp3) is 0.455. The topological polar surface area (TPSA) is 115 Å². The van der Waals surface area contributed by atoms with Crippen LogP contribution in [0.15, 0.2) is 35.4 Å². The van der Waals surface area contributed by atoms with E-state index in [0.717, 1.165) is 12.8 Å². The average molecular weight is 440 g/mol. The molecule has 3 aromatic rings. The molecule has 0 bridgehead atoms. The number of ether oxygens (including phenoxy) is 1. The molecule has 2 atom stereocenters. The molecule has 1 aliphatic rings. The number of aromatic nitrogens is 4. The number of hydrogen-bond donors (Lipinski definition) is 3. The smallest absolute Gasteiger partial charge is 0.274 e. The van der Waals surface area contributed by atoms with Crippen molar-refractivity contribution in [3.05, 3.63) is 46.5 Å². The van der Waals surface area contributed by atoms with E-state index < -0.39 is 0 Å². The van der Waals surface area contributed by atoms with Crippen LogP contribution in [0.3, 0.4) is 0 Å². The minimum absolute atomic E-state index is 0.0296. The Labute approximate surface area is 186 Å². The van der Waals surface area contributed by atoms with Crippen LogP contribution in [-0.2, 0) is 4.74 Å². The zero-order valence-electron chi connectivity index (χ0n) is 19.0. The number of fused-ring (bicyclic) bond motifs is 1. The number of anilines is 3. The first-order valence-electron chi connectivity index (χ1n) is 10.7. The van der Waals surface area contributed by atoms with Crippen molar-refractivity contribution < 1.29 is 9.53 Å². The van der Waals surface area contributed by atoms with Crippen LogP contribution in [0.4, 0.5) is 17.3 Å². The molecule has 1 aliphatic carbocycles. The molecule has 3 heterocycles. The summed E-state index contributed by atoms with van der Waals surface area (Å²) in [5.74, 6) is 0.795. The fourth-order valence-electron chi connectivity index (χ4n) is 3.92. The van der Waals surface area contributed by atoms with Crippen LogP contribution in [0.2, 0.25) is 0 Å². The van der Waals surface area contributed by atoms with E-state index in [1.165, 1.54) is 6.20 Å². The maximum absolute atomic E-state index is 13.0. The summed E-state index contributed by atoms with van der Waals surface area (Å²) in [5, 5.41) is 13.5. The lowest BCUT2D eigenvalue weighted by atomic mass is 9.76. The predicted octanol–water partition coefficient (Wildman–Crippen LogP) is 2.55. The first-order chi connectivity index (χ1) is 15.3. The third-order valence-electron chi connectivity index (χ3n) is 6.20. The Morgan fingerprint density at radius 3 is 2.78 bits per heavy atom. The Hall–Kier alpha value is -3.40. The summed E-state index contributed by atoms with van der Waals surface area (Å²) < 4.78 is 8.75. The third kappa shape index (κ3) is 3.70. The number of carbonyl (C=O) groups excluding carboxylic acids is 1. The molecule has 32 heavy (non-hydrogen) atoms. The summed E-state index contributed by atoms with van der Waals surface area (Å²) in [7, 11) is 3.41. The second kappa shape index (κ2) is 8.27. The van der Waals surface area contributed by atoms with E-state index in [0.29, 0.717) is 28.5 Å². The van der Waals surface area contributed by atoms with Crippen LogP contribution in [0.1, 0.15) is 50.0 Å². The van der Waals surface area contributed by atoms with Gasteiger partial charge in [-0.2, -0.15) is 9.61 Å². The lowest BCUT2D eigenvalue weighted by molar-refractivity contribution is -0.0828. The van der Waals surface area contributed by atoms with E-state index in [1.807, 2.05) is 26.8 Å². The lowest BCUT2D eigenvalue weighted by Crippen LogP contribution is -2.59. The third-order valence-corrected chi connectivity index (χ3v) is 6.20. The van der Waals surface area contributed by atoms with Crippen LogP contribution in [0.5, 0.6) is 0 Å². The van der Waals surface area contributed by atoms with Gasteiger partial charge in [-0.15, -0.1) is 0 Å². The van der Waals surface area contributed by atoms with Gasteiger partial charge in [0.2, 0.25) is 0 Å². The van der Waals surface area contributed by atoms with Gasteiger partial charge in [-0.05, 0) is 45.7 Å². The Kier molecular flexibility index (Phi) is 5.64. The van der Waals surface area contributed by atoms with Gasteiger partial charge in [0.1, 0.15) is 22.9 Å². The number of methoxy groups -OCH3 is 1. The largest absolute Gasteiger partial charge is 0.376 e. The highest BCUT2D eigenvalue weighted by atomic mass is 16.5. The standard InChI is InChI=1S/C22H29N7O3/c1-13(2)28-10-6-7-15(21(28)31)25-17-11-18(23-4)29-19(27-17)14(12-24-29)20(30)26-16-8-9-22(16,3)32-5/h6-7,10-13,16,23H,8-9H2,1-5H3,(H,25,27)(H,26,30)/t16?,22-/m0/s1. The molecule has 4 rings (SSSR count). The van der Waals surface area contributed by atoms with Crippen LogP contribution in [-0.4, -0.2) is 50.9 Å². The van der Waals surface area contributed by atoms with Crippen molar-refractivity contribution in [3.63, 3.8) is 0 Å². The van der Waals surface area contributed by atoms with Gasteiger partial charge >= 0.3 is 0 Å². The molecule has 3 aromatic heterocycles. The van der Waals surface area contributed by atoms with Crippen LogP contribution >= 0.6 is 0 Å². The molecule has 10 nitrogen and oxygen atoms in total. The Morgan fingerprint density at radius 1 is 1.38 bits per heavy atom. The lowest BCUT2D eigenvalue weighted by Gasteiger charge is -2.45. The molecule has 0 spiro atoms. The summed E-state index contributed by atoms with van der Waals surface area (Å²) in [6.45, 7) is 5.88. The maximum Gasteiger partial charge on any atom is 0.274 e. The molecule has 1 fully saturated rings. The molecule has 0 aliphatic heterocycles. The minimum atomic E-state index is -0.363. The molecule has 1 unspecified atom stereocenters. The number of hydrogen-bond acceptors (Lipinski definition) is 7. The second-order valence-corrected chi connectivity index (χ2v) is 8.50. The van der Waals surface area contributed by atoms with Crippen LogP contribution in [0.25, 0.3) is 5.65 Å². The summed E-state index contributed by atoms with van der Waals surface area (Å²) in [4.78, 5) is 30.4. The van der Waals surface area contributed by atoms with E-state index >= 15 is 0 Å². The van der Waals surface area contributed by atoms with Crippen molar-refractivity contribution in [1.29, 1.82) is 0 Å². The van der Waals surface area contributed by atoms with Gasteiger partial charge in [-0.1, -0.05) is 0 Å². The zero-order chi connectivity index (χ0) is 23.0. The molecule has 170 valence electrons. The SMILES string of the molecule is CNc1cc(Nc2cccn(C(C)C)c2=O)nc2c(C(=O)NC3CC[C@]3(C)OC)cnn12. The van der Waals surface area contributed by atoms with Gasteiger partial charge in [-0.25, -0.2) is 4.98 Å². The highest BCUT2D eigenvalue weighted by molar-refractivity contribution is 6.00. The van der Waals surface area contributed by atoms with Crippen molar-refractivity contribution >= 4 is 28.9 Å².